The molecular weight excluding hydrogens is 150 g/mol. The van der Waals surface area contributed by atoms with E-state index < -0.39 is 0 Å². The van der Waals surface area contributed by atoms with E-state index in [0.717, 1.165) is 11.6 Å². The molecule has 0 unspecified atom stereocenters. The molecule has 1 fully saturated rings. The Morgan fingerprint density at radius 1 is 1.42 bits per heavy atom. The van der Waals surface area contributed by atoms with Gasteiger partial charge in [-0.1, -0.05) is 6.07 Å². The summed E-state index contributed by atoms with van der Waals surface area (Å²) in [6.07, 6.45) is 2.59. The minimum Gasteiger partial charge on any atom is -0.481 e. The average Bonchev–Trinajstić information content (AvgIpc) is 2.87. The molecule has 1 aliphatic rings. The van der Waals surface area contributed by atoms with Crippen LogP contribution in [-0.2, 0) is 0 Å². The summed E-state index contributed by atoms with van der Waals surface area (Å²) in [4.78, 5) is 4.33. The standard InChI is InChI=1S/C10H13NO/c1-7-3-6-9(8-4-5-8)10(11-7)12-2/h3,6,8H,4-5H2,1-2H3. The van der Waals surface area contributed by atoms with Gasteiger partial charge in [0.2, 0.25) is 5.88 Å². The number of aromatic nitrogens is 1. The zero-order valence-corrected chi connectivity index (χ0v) is 7.50. The molecule has 1 heterocycles. The van der Waals surface area contributed by atoms with Crippen molar-refractivity contribution >= 4 is 0 Å². The number of pyridine rings is 1. The number of hydrogen-bond donors (Lipinski definition) is 0. The first-order chi connectivity index (χ1) is 5.81. The Labute approximate surface area is 72.6 Å². The predicted octanol–water partition coefficient (Wildman–Crippen LogP) is 2.28. The highest BCUT2D eigenvalue weighted by molar-refractivity contribution is 5.34. The van der Waals surface area contributed by atoms with E-state index in [-0.39, 0.29) is 0 Å². The summed E-state index contributed by atoms with van der Waals surface area (Å²) in [6.45, 7) is 1.99. The van der Waals surface area contributed by atoms with Crippen LogP contribution in [0.5, 0.6) is 5.88 Å². The fraction of sp³-hybridized carbons (Fsp3) is 0.500. The predicted molar refractivity (Wildman–Crippen MR) is 47.5 cm³/mol. The maximum atomic E-state index is 5.22. The highest BCUT2D eigenvalue weighted by Gasteiger charge is 2.27. The van der Waals surface area contributed by atoms with Crippen LogP contribution in [0.15, 0.2) is 12.1 Å². The van der Waals surface area contributed by atoms with Crippen molar-refractivity contribution < 1.29 is 4.74 Å². The Morgan fingerprint density at radius 2 is 2.17 bits per heavy atom. The third-order valence-corrected chi connectivity index (χ3v) is 2.24. The molecule has 0 radical (unpaired) electrons. The lowest BCUT2D eigenvalue weighted by Gasteiger charge is -2.06. The summed E-state index contributed by atoms with van der Waals surface area (Å²) in [5.41, 5.74) is 2.30. The maximum Gasteiger partial charge on any atom is 0.216 e. The number of nitrogens with zero attached hydrogens (tertiary/aromatic N) is 1. The molecule has 2 rings (SSSR count). The lowest BCUT2D eigenvalue weighted by molar-refractivity contribution is 0.391. The van der Waals surface area contributed by atoms with Gasteiger partial charge >= 0.3 is 0 Å². The van der Waals surface area contributed by atoms with Gasteiger partial charge in [0.25, 0.3) is 0 Å². The summed E-state index contributed by atoms with van der Waals surface area (Å²) in [6, 6.07) is 4.19. The van der Waals surface area contributed by atoms with E-state index in [9.17, 15) is 0 Å². The molecule has 2 nitrogen and oxygen atoms in total. The third-order valence-electron chi connectivity index (χ3n) is 2.24. The molecule has 1 aromatic heterocycles. The van der Waals surface area contributed by atoms with Crippen LogP contribution in [0.2, 0.25) is 0 Å². The molecular formula is C10H13NO. The second-order valence-electron chi connectivity index (χ2n) is 3.33. The smallest absolute Gasteiger partial charge is 0.216 e. The Kier molecular flexibility index (Phi) is 1.75. The van der Waals surface area contributed by atoms with Crippen molar-refractivity contribution in [3.05, 3.63) is 23.4 Å². The fourth-order valence-electron chi connectivity index (χ4n) is 1.41. The molecule has 0 saturated heterocycles. The van der Waals surface area contributed by atoms with Crippen LogP contribution < -0.4 is 4.74 Å². The monoisotopic (exact) mass is 163 g/mol. The molecule has 12 heavy (non-hydrogen) atoms. The Balaban J connectivity index is 2.38. The minimum atomic E-state index is 0.716. The van der Waals surface area contributed by atoms with E-state index in [1.54, 1.807) is 7.11 Å². The fourth-order valence-corrected chi connectivity index (χ4v) is 1.41. The van der Waals surface area contributed by atoms with E-state index in [0.29, 0.717) is 5.92 Å². The second-order valence-corrected chi connectivity index (χ2v) is 3.33. The van der Waals surface area contributed by atoms with Crippen molar-refractivity contribution in [2.24, 2.45) is 0 Å². The SMILES string of the molecule is COc1nc(C)ccc1C1CC1. The van der Waals surface area contributed by atoms with Crippen LogP contribution in [0.25, 0.3) is 0 Å². The van der Waals surface area contributed by atoms with Crippen molar-refractivity contribution in [1.82, 2.24) is 4.98 Å². The summed E-state index contributed by atoms with van der Waals surface area (Å²) in [7, 11) is 1.69. The van der Waals surface area contributed by atoms with Gasteiger partial charge in [0, 0.05) is 11.3 Å². The van der Waals surface area contributed by atoms with Crippen LogP contribution in [0.1, 0.15) is 30.0 Å². The third kappa shape index (κ3) is 1.29. The van der Waals surface area contributed by atoms with E-state index >= 15 is 0 Å². The van der Waals surface area contributed by atoms with E-state index in [1.807, 2.05) is 6.92 Å². The van der Waals surface area contributed by atoms with Crippen LogP contribution in [0.4, 0.5) is 0 Å². The van der Waals surface area contributed by atoms with Crippen molar-refractivity contribution in [1.29, 1.82) is 0 Å². The summed E-state index contributed by atoms with van der Waals surface area (Å²) in [5, 5.41) is 0. The van der Waals surface area contributed by atoms with Gasteiger partial charge < -0.3 is 4.74 Å². The number of aryl methyl sites for hydroxylation is 1. The molecule has 64 valence electrons. The molecule has 0 N–H and O–H groups in total. The molecule has 0 atom stereocenters. The first kappa shape index (κ1) is 7.59. The van der Waals surface area contributed by atoms with E-state index in [4.69, 9.17) is 4.74 Å². The van der Waals surface area contributed by atoms with Gasteiger partial charge in [0.15, 0.2) is 0 Å². The van der Waals surface area contributed by atoms with Crippen molar-refractivity contribution in [3.8, 4) is 5.88 Å². The zero-order chi connectivity index (χ0) is 8.55. The number of hydrogen-bond acceptors (Lipinski definition) is 2. The zero-order valence-electron chi connectivity index (χ0n) is 7.50. The summed E-state index contributed by atoms with van der Waals surface area (Å²) < 4.78 is 5.22. The molecule has 0 amide bonds. The largest absolute Gasteiger partial charge is 0.481 e. The van der Waals surface area contributed by atoms with Crippen LogP contribution in [0, 0.1) is 6.92 Å². The Bertz CT molecular complexity index is 292. The minimum absolute atomic E-state index is 0.716. The van der Waals surface area contributed by atoms with Crippen molar-refractivity contribution in [2.75, 3.05) is 7.11 Å². The number of methoxy groups -OCH3 is 1. The van der Waals surface area contributed by atoms with Gasteiger partial charge in [-0.05, 0) is 31.7 Å². The van der Waals surface area contributed by atoms with Gasteiger partial charge in [0.05, 0.1) is 7.11 Å². The molecule has 0 aliphatic heterocycles. The molecule has 1 aliphatic carbocycles. The molecule has 0 bridgehead atoms. The Hall–Kier alpha value is -1.05. The first-order valence-corrected chi connectivity index (χ1v) is 4.33. The molecule has 0 spiro atoms. The summed E-state index contributed by atoms with van der Waals surface area (Å²) in [5.74, 6) is 1.53. The van der Waals surface area contributed by atoms with E-state index in [2.05, 4.69) is 17.1 Å². The highest BCUT2D eigenvalue weighted by Crippen LogP contribution is 2.43. The molecule has 0 aromatic carbocycles. The molecule has 1 saturated carbocycles. The van der Waals surface area contributed by atoms with Crippen molar-refractivity contribution in [3.63, 3.8) is 0 Å². The Morgan fingerprint density at radius 3 is 2.75 bits per heavy atom. The van der Waals surface area contributed by atoms with Gasteiger partial charge in [-0.25, -0.2) is 4.98 Å². The van der Waals surface area contributed by atoms with Gasteiger partial charge in [-0.2, -0.15) is 0 Å². The normalized spacial score (nSPS) is 16.2. The summed E-state index contributed by atoms with van der Waals surface area (Å²) >= 11 is 0. The van der Waals surface area contributed by atoms with Gasteiger partial charge in [0.1, 0.15) is 0 Å². The number of rotatable bonds is 2. The van der Waals surface area contributed by atoms with Crippen LogP contribution in [-0.4, -0.2) is 12.1 Å². The lowest BCUT2D eigenvalue weighted by atomic mass is 10.1. The van der Waals surface area contributed by atoms with Crippen molar-refractivity contribution in [2.45, 2.75) is 25.7 Å². The topological polar surface area (TPSA) is 22.1 Å². The average molecular weight is 163 g/mol. The first-order valence-electron chi connectivity index (χ1n) is 4.33. The molecule has 2 heteroatoms. The van der Waals surface area contributed by atoms with Gasteiger partial charge in [-0.3, -0.25) is 0 Å². The van der Waals surface area contributed by atoms with E-state index in [1.165, 1.54) is 18.4 Å². The van der Waals surface area contributed by atoms with Gasteiger partial charge in [-0.15, -0.1) is 0 Å². The quantitative estimate of drug-likeness (QED) is 0.667. The number of ether oxygens (including phenoxy) is 1. The van der Waals surface area contributed by atoms with Crippen LogP contribution in [0.3, 0.4) is 0 Å². The second kappa shape index (κ2) is 2.77. The highest BCUT2D eigenvalue weighted by atomic mass is 16.5. The van der Waals surface area contributed by atoms with Crippen LogP contribution >= 0.6 is 0 Å². The molecule has 1 aromatic rings. The lowest BCUT2D eigenvalue weighted by Crippen LogP contribution is -1.94. The maximum absolute atomic E-state index is 5.22.